The second-order valence-electron chi connectivity index (χ2n) is 8.07. The molecule has 7 nitrogen and oxygen atoms in total. The molecule has 0 unspecified atom stereocenters. The van der Waals surface area contributed by atoms with Crippen LogP contribution in [0.1, 0.15) is 5.56 Å². The summed E-state index contributed by atoms with van der Waals surface area (Å²) in [4.78, 5) is 33.3. The first-order chi connectivity index (χ1) is 17.2. The molecule has 1 N–H and O–H groups in total. The minimum Gasteiger partial charge on any atom is -0.307 e. The van der Waals surface area contributed by atoms with Gasteiger partial charge < -0.3 is 5.32 Å². The molecule has 0 saturated heterocycles. The third-order valence-electron chi connectivity index (χ3n) is 5.85. The number of amides is 1. The number of aromatic nitrogens is 4. The lowest BCUT2D eigenvalue weighted by Crippen LogP contribution is -2.21. The normalized spacial score (nSPS) is 11.7. The Labute approximate surface area is 202 Å². The van der Waals surface area contributed by atoms with Gasteiger partial charge in [-0.2, -0.15) is 13.2 Å². The van der Waals surface area contributed by atoms with E-state index >= 15 is 0 Å². The summed E-state index contributed by atoms with van der Waals surface area (Å²) >= 11 is 0. The van der Waals surface area contributed by atoms with Gasteiger partial charge in [-0.1, -0.05) is 18.7 Å². The lowest BCUT2D eigenvalue weighted by molar-refractivity contribution is -0.137. The van der Waals surface area contributed by atoms with Gasteiger partial charge in [-0.25, -0.2) is 9.78 Å². The van der Waals surface area contributed by atoms with Gasteiger partial charge >= 0.3 is 11.9 Å². The van der Waals surface area contributed by atoms with E-state index < -0.39 is 17.4 Å². The highest BCUT2D eigenvalue weighted by molar-refractivity contribution is 6.04. The molecule has 0 atom stereocenters. The summed E-state index contributed by atoms with van der Waals surface area (Å²) in [6, 6.07) is 13.5. The van der Waals surface area contributed by atoms with Crippen molar-refractivity contribution in [3.8, 4) is 16.8 Å². The number of carbonyl (C=O) groups is 1. The number of aryl methyl sites for hydroxylation is 1. The predicted octanol–water partition coefficient (Wildman–Crippen LogP) is 5.08. The number of hydrogen-bond donors (Lipinski definition) is 1. The maximum absolute atomic E-state index is 13.4. The fraction of sp³-hybridized carbons (Fsp3) is 0.0769. The van der Waals surface area contributed by atoms with Crippen LogP contribution in [0.4, 0.5) is 19.0 Å². The molecule has 5 rings (SSSR count). The van der Waals surface area contributed by atoms with Gasteiger partial charge in [0.25, 0.3) is 0 Å². The fourth-order valence-corrected chi connectivity index (χ4v) is 4.05. The zero-order valence-corrected chi connectivity index (χ0v) is 18.9. The second-order valence-corrected chi connectivity index (χ2v) is 8.07. The maximum Gasteiger partial charge on any atom is 0.416 e. The van der Waals surface area contributed by atoms with E-state index in [-0.39, 0.29) is 11.6 Å². The topological polar surface area (TPSA) is 81.8 Å². The number of carbonyl (C=O) groups excluding carboxylic acids is 1. The predicted molar refractivity (Wildman–Crippen MR) is 131 cm³/mol. The van der Waals surface area contributed by atoms with Crippen LogP contribution in [-0.2, 0) is 18.0 Å². The molecule has 0 spiro atoms. The molecule has 0 saturated carbocycles. The number of rotatable bonds is 4. The Kier molecular flexibility index (Phi) is 5.43. The van der Waals surface area contributed by atoms with Crippen molar-refractivity contribution in [2.45, 2.75) is 6.18 Å². The van der Waals surface area contributed by atoms with Crippen LogP contribution in [-0.4, -0.2) is 25.0 Å². The number of nitrogens with one attached hydrogen (secondary N) is 1. The molecule has 2 aromatic carbocycles. The summed E-state index contributed by atoms with van der Waals surface area (Å²) in [6.07, 6.45) is -0.300. The summed E-state index contributed by atoms with van der Waals surface area (Å²) in [7, 11) is 1.55. The van der Waals surface area contributed by atoms with Crippen LogP contribution in [0.15, 0.2) is 84.4 Å². The number of imidazole rings is 1. The van der Waals surface area contributed by atoms with E-state index in [2.05, 4.69) is 21.9 Å². The van der Waals surface area contributed by atoms with E-state index in [4.69, 9.17) is 0 Å². The summed E-state index contributed by atoms with van der Waals surface area (Å²) in [6.45, 7) is 3.40. The molecule has 10 heteroatoms. The Balaban J connectivity index is 1.71. The van der Waals surface area contributed by atoms with E-state index in [1.54, 1.807) is 31.4 Å². The van der Waals surface area contributed by atoms with Crippen molar-refractivity contribution in [3.05, 3.63) is 95.7 Å². The zero-order valence-electron chi connectivity index (χ0n) is 18.9. The molecule has 3 aromatic heterocycles. The van der Waals surface area contributed by atoms with Crippen LogP contribution in [0.25, 0.3) is 38.8 Å². The van der Waals surface area contributed by atoms with Gasteiger partial charge in [0.1, 0.15) is 5.82 Å². The van der Waals surface area contributed by atoms with Crippen LogP contribution < -0.4 is 11.0 Å². The van der Waals surface area contributed by atoms with Crippen molar-refractivity contribution in [1.82, 2.24) is 19.1 Å². The molecule has 0 bridgehead atoms. The zero-order chi connectivity index (χ0) is 25.6. The standard InChI is InChI=1S/C26H18F3N5O2/c1-3-23(35)32-22-10-8-16(13-31-22)15-7-9-20-19(11-15)24-21(14-30-20)33(2)25(36)34(24)18-6-4-5-17(12-18)26(27,28)29/h3-14H,1H2,2H3,(H,31,32,35). The molecule has 3 heterocycles. The average Bonchev–Trinajstić information content (AvgIpc) is 3.14. The molecule has 36 heavy (non-hydrogen) atoms. The van der Waals surface area contributed by atoms with Crippen LogP contribution in [0.5, 0.6) is 0 Å². The number of pyridine rings is 2. The molecule has 0 aliphatic carbocycles. The molecule has 0 fully saturated rings. The van der Waals surface area contributed by atoms with Crippen LogP contribution in [0, 0.1) is 0 Å². The van der Waals surface area contributed by atoms with Crippen molar-refractivity contribution >= 4 is 33.7 Å². The maximum atomic E-state index is 13.4. The van der Waals surface area contributed by atoms with E-state index in [9.17, 15) is 22.8 Å². The van der Waals surface area contributed by atoms with Crippen molar-refractivity contribution in [1.29, 1.82) is 0 Å². The van der Waals surface area contributed by atoms with Crippen LogP contribution in [0.2, 0.25) is 0 Å². The third-order valence-corrected chi connectivity index (χ3v) is 5.85. The van der Waals surface area contributed by atoms with Crippen molar-refractivity contribution < 1.29 is 18.0 Å². The van der Waals surface area contributed by atoms with Gasteiger partial charge in [0.05, 0.1) is 34.0 Å². The van der Waals surface area contributed by atoms with E-state index in [1.807, 2.05) is 12.1 Å². The Morgan fingerprint density at radius 3 is 2.50 bits per heavy atom. The Morgan fingerprint density at radius 2 is 1.81 bits per heavy atom. The number of halogens is 3. The van der Waals surface area contributed by atoms with Crippen LogP contribution in [0.3, 0.4) is 0 Å². The number of alkyl halides is 3. The van der Waals surface area contributed by atoms with E-state index in [0.717, 1.165) is 29.3 Å². The highest BCUT2D eigenvalue weighted by atomic mass is 19.4. The number of hydrogen-bond acceptors (Lipinski definition) is 4. The first kappa shape index (κ1) is 23.0. The van der Waals surface area contributed by atoms with Crippen molar-refractivity contribution in [2.75, 3.05) is 5.32 Å². The quantitative estimate of drug-likeness (QED) is 0.357. The van der Waals surface area contributed by atoms with Gasteiger partial charge in [0, 0.05) is 24.2 Å². The Morgan fingerprint density at radius 1 is 1.03 bits per heavy atom. The first-order valence-corrected chi connectivity index (χ1v) is 10.7. The molecular formula is C26H18F3N5O2. The van der Waals surface area contributed by atoms with Gasteiger partial charge in [0.15, 0.2) is 0 Å². The number of nitrogens with zero attached hydrogens (tertiary/aromatic N) is 4. The summed E-state index contributed by atoms with van der Waals surface area (Å²) < 4.78 is 42.8. The number of fused-ring (bicyclic) bond motifs is 3. The molecule has 1 amide bonds. The molecular weight excluding hydrogens is 471 g/mol. The first-order valence-electron chi connectivity index (χ1n) is 10.7. The molecule has 0 aliphatic rings. The van der Waals surface area contributed by atoms with Crippen molar-refractivity contribution in [2.24, 2.45) is 7.05 Å². The SMILES string of the molecule is C=CC(=O)Nc1ccc(-c2ccc3ncc4c(c3c2)n(-c2cccc(C(F)(F)F)c2)c(=O)n4C)cn1. The summed E-state index contributed by atoms with van der Waals surface area (Å²) in [5, 5.41) is 3.16. The lowest BCUT2D eigenvalue weighted by Gasteiger charge is -2.11. The highest BCUT2D eigenvalue weighted by Crippen LogP contribution is 2.33. The smallest absolute Gasteiger partial charge is 0.307 e. The number of anilines is 1. The van der Waals surface area contributed by atoms with Gasteiger partial charge in [-0.3, -0.25) is 18.9 Å². The Hall–Kier alpha value is -4.73. The largest absolute Gasteiger partial charge is 0.416 e. The minimum atomic E-state index is -4.55. The fourth-order valence-electron chi connectivity index (χ4n) is 4.05. The van der Waals surface area contributed by atoms with Gasteiger partial charge in [-0.15, -0.1) is 0 Å². The lowest BCUT2D eigenvalue weighted by atomic mass is 10.0. The summed E-state index contributed by atoms with van der Waals surface area (Å²) in [5.41, 5.74) is 1.72. The average molecular weight is 489 g/mol. The molecule has 0 aliphatic heterocycles. The monoisotopic (exact) mass is 489 g/mol. The van der Waals surface area contributed by atoms with Crippen molar-refractivity contribution in [3.63, 3.8) is 0 Å². The minimum absolute atomic E-state index is 0.0994. The Bertz CT molecular complexity index is 1720. The molecule has 0 radical (unpaired) electrons. The highest BCUT2D eigenvalue weighted by Gasteiger charge is 2.31. The molecule has 5 aromatic rings. The second kappa shape index (κ2) is 8.49. The van der Waals surface area contributed by atoms with E-state index in [0.29, 0.717) is 27.8 Å². The number of benzene rings is 2. The third kappa shape index (κ3) is 3.92. The van der Waals surface area contributed by atoms with Gasteiger partial charge in [0.2, 0.25) is 5.91 Å². The summed E-state index contributed by atoms with van der Waals surface area (Å²) in [5.74, 6) is -0.0268. The molecule has 180 valence electrons. The van der Waals surface area contributed by atoms with Crippen LogP contribution >= 0.6 is 0 Å². The van der Waals surface area contributed by atoms with E-state index in [1.165, 1.54) is 27.5 Å². The van der Waals surface area contributed by atoms with Gasteiger partial charge in [-0.05, 0) is 54.1 Å².